The van der Waals surface area contributed by atoms with E-state index in [1.165, 1.54) is 12.1 Å². The lowest BCUT2D eigenvalue weighted by molar-refractivity contribution is -0.117. The van der Waals surface area contributed by atoms with Crippen LogP contribution in [0.3, 0.4) is 0 Å². The van der Waals surface area contributed by atoms with Crippen LogP contribution >= 0.6 is 34.8 Å². The van der Waals surface area contributed by atoms with Crippen LogP contribution in [0.5, 0.6) is 0 Å². The number of nitriles is 1. The van der Waals surface area contributed by atoms with E-state index >= 15 is 0 Å². The maximum atomic E-state index is 12.4. The van der Waals surface area contributed by atoms with E-state index in [0.717, 1.165) is 4.68 Å². The van der Waals surface area contributed by atoms with Crippen molar-refractivity contribution < 1.29 is 4.79 Å². The monoisotopic (exact) mass is 412 g/mol. The minimum Gasteiger partial charge on any atom is -0.322 e. The molecule has 0 unspecified atom stereocenters. The van der Waals surface area contributed by atoms with Crippen LogP contribution in [0.4, 0.5) is 5.69 Å². The van der Waals surface area contributed by atoms with Crippen LogP contribution < -0.4 is 10.9 Å². The third-order valence-corrected chi connectivity index (χ3v) is 4.52. The highest BCUT2D eigenvalue weighted by Crippen LogP contribution is 2.33. The van der Waals surface area contributed by atoms with Crippen molar-refractivity contribution in [2.45, 2.75) is 33.2 Å². The summed E-state index contributed by atoms with van der Waals surface area (Å²) >= 11 is 17.9. The molecule has 0 radical (unpaired) electrons. The van der Waals surface area contributed by atoms with Gasteiger partial charge in [-0.25, -0.2) is 4.68 Å². The number of anilines is 1. The summed E-state index contributed by atoms with van der Waals surface area (Å²) < 4.78 is 0.976. The molecule has 0 aliphatic rings. The lowest BCUT2D eigenvalue weighted by Crippen LogP contribution is -2.33. The Morgan fingerprint density at radius 2 is 1.85 bits per heavy atom. The second-order valence-corrected chi connectivity index (χ2v) is 6.63. The molecule has 0 aliphatic heterocycles. The highest BCUT2D eigenvalue weighted by molar-refractivity contribution is 6.42. The van der Waals surface area contributed by atoms with Crippen LogP contribution in [0.2, 0.25) is 15.1 Å². The molecular formula is C17H15Cl3N4O2. The standard InChI is InChI=1S/C17H15Cl3N4O2/c1-3-10-11(7-21)17(26)24(23-14(10)4-2)8-15(25)22-16-12(19)5-9(18)6-13(16)20/h5-6H,3-4,8H2,1-2H3,(H,22,25). The molecule has 2 aromatic rings. The van der Waals surface area contributed by atoms with E-state index in [4.69, 9.17) is 34.8 Å². The van der Waals surface area contributed by atoms with Gasteiger partial charge >= 0.3 is 0 Å². The zero-order valence-corrected chi connectivity index (χ0v) is 16.3. The molecule has 9 heteroatoms. The Kier molecular flexibility index (Phi) is 6.65. The molecule has 0 bridgehead atoms. The minimum atomic E-state index is -0.606. The van der Waals surface area contributed by atoms with Crippen molar-refractivity contribution in [1.29, 1.82) is 5.26 Å². The Hall–Kier alpha value is -2.07. The van der Waals surface area contributed by atoms with Gasteiger partial charge in [0.15, 0.2) is 0 Å². The van der Waals surface area contributed by atoms with E-state index < -0.39 is 11.5 Å². The summed E-state index contributed by atoms with van der Waals surface area (Å²) in [6, 6.07) is 4.79. The molecule has 0 spiro atoms. The number of rotatable bonds is 5. The fraction of sp³-hybridized carbons (Fsp3) is 0.294. The van der Waals surface area contributed by atoms with Crippen LogP contribution in [-0.2, 0) is 24.2 Å². The number of halogens is 3. The Balaban J connectivity index is 2.36. The number of carbonyl (C=O) groups excluding carboxylic acids is 1. The minimum absolute atomic E-state index is 0.00899. The van der Waals surface area contributed by atoms with Crippen molar-refractivity contribution >= 4 is 46.4 Å². The van der Waals surface area contributed by atoms with Gasteiger partial charge in [0.1, 0.15) is 18.2 Å². The summed E-state index contributed by atoms with van der Waals surface area (Å²) in [7, 11) is 0. The van der Waals surface area contributed by atoms with Gasteiger partial charge in [-0.1, -0.05) is 48.7 Å². The number of hydrogen-bond donors (Lipinski definition) is 1. The second-order valence-electron chi connectivity index (χ2n) is 5.37. The average molecular weight is 414 g/mol. The Morgan fingerprint density at radius 3 is 2.35 bits per heavy atom. The molecule has 1 aromatic carbocycles. The molecule has 2 rings (SSSR count). The predicted molar refractivity (Wildman–Crippen MR) is 102 cm³/mol. The largest absolute Gasteiger partial charge is 0.322 e. The lowest BCUT2D eigenvalue weighted by atomic mass is 10.0. The van der Waals surface area contributed by atoms with E-state index in [1.54, 1.807) is 0 Å². The fourth-order valence-electron chi connectivity index (χ4n) is 2.52. The molecular weight excluding hydrogens is 399 g/mol. The zero-order chi connectivity index (χ0) is 19.4. The van der Waals surface area contributed by atoms with Gasteiger partial charge in [0, 0.05) is 5.02 Å². The Morgan fingerprint density at radius 1 is 1.23 bits per heavy atom. The highest BCUT2D eigenvalue weighted by Gasteiger charge is 2.18. The van der Waals surface area contributed by atoms with Crippen molar-refractivity contribution in [2.24, 2.45) is 0 Å². The van der Waals surface area contributed by atoms with Crippen LogP contribution in [0.1, 0.15) is 30.7 Å². The number of aryl methyl sites for hydroxylation is 1. The van der Waals surface area contributed by atoms with E-state index in [-0.39, 0.29) is 27.8 Å². The van der Waals surface area contributed by atoms with Crippen LogP contribution in [0, 0.1) is 11.3 Å². The summed E-state index contributed by atoms with van der Waals surface area (Å²) in [5, 5.41) is 16.7. The SMILES string of the molecule is CCc1nn(CC(=O)Nc2c(Cl)cc(Cl)cc2Cl)c(=O)c(C#N)c1CC. The van der Waals surface area contributed by atoms with Gasteiger partial charge in [-0.2, -0.15) is 10.4 Å². The van der Waals surface area contributed by atoms with E-state index in [2.05, 4.69) is 10.4 Å². The number of aromatic nitrogens is 2. The molecule has 6 nitrogen and oxygen atoms in total. The molecule has 1 N–H and O–H groups in total. The van der Waals surface area contributed by atoms with Gasteiger partial charge in [-0.15, -0.1) is 0 Å². The first-order chi connectivity index (χ1) is 12.3. The Labute approximate surface area is 165 Å². The second kappa shape index (κ2) is 8.54. The molecule has 0 atom stereocenters. The molecule has 0 saturated carbocycles. The van der Waals surface area contributed by atoms with Gasteiger partial charge in [0.25, 0.3) is 5.56 Å². The smallest absolute Gasteiger partial charge is 0.285 e. The van der Waals surface area contributed by atoms with Crippen molar-refractivity contribution in [2.75, 3.05) is 5.32 Å². The molecule has 26 heavy (non-hydrogen) atoms. The maximum Gasteiger partial charge on any atom is 0.285 e. The van der Waals surface area contributed by atoms with Crippen LogP contribution in [0.25, 0.3) is 0 Å². The number of amides is 1. The number of benzene rings is 1. The molecule has 1 aromatic heterocycles. The maximum absolute atomic E-state index is 12.4. The van der Waals surface area contributed by atoms with Crippen LogP contribution in [-0.4, -0.2) is 15.7 Å². The molecule has 0 aliphatic carbocycles. The first kappa shape index (κ1) is 20.2. The number of hydrogen-bond acceptors (Lipinski definition) is 4. The van der Waals surface area contributed by atoms with Gasteiger partial charge in [0.05, 0.1) is 21.4 Å². The van der Waals surface area contributed by atoms with Crippen molar-refractivity contribution in [3.63, 3.8) is 0 Å². The predicted octanol–water partition coefficient (Wildman–Crippen LogP) is 3.84. The third-order valence-electron chi connectivity index (χ3n) is 3.70. The summed E-state index contributed by atoms with van der Waals surface area (Å²) in [5.74, 6) is -0.555. The van der Waals surface area contributed by atoms with Gasteiger partial charge in [0.2, 0.25) is 5.91 Å². The van der Waals surface area contributed by atoms with Gasteiger partial charge in [-0.05, 0) is 30.5 Å². The summed E-state index contributed by atoms with van der Waals surface area (Å²) in [4.78, 5) is 24.8. The van der Waals surface area contributed by atoms with E-state index in [1.807, 2.05) is 19.9 Å². The Bertz CT molecular complexity index is 941. The quantitative estimate of drug-likeness (QED) is 0.806. The van der Waals surface area contributed by atoms with Crippen molar-refractivity contribution in [3.05, 3.63) is 54.4 Å². The molecule has 136 valence electrons. The topological polar surface area (TPSA) is 87.8 Å². The highest BCUT2D eigenvalue weighted by atomic mass is 35.5. The average Bonchev–Trinajstić information content (AvgIpc) is 2.59. The third kappa shape index (κ3) is 4.18. The summed E-state index contributed by atoms with van der Waals surface area (Å²) in [5.41, 5.74) is 0.816. The van der Waals surface area contributed by atoms with Gasteiger partial charge < -0.3 is 5.32 Å². The zero-order valence-electron chi connectivity index (χ0n) is 14.1. The van der Waals surface area contributed by atoms with Crippen molar-refractivity contribution in [3.8, 4) is 6.07 Å². The molecule has 0 saturated heterocycles. The first-order valence-corrected chi connectivity index (χ1v) is 8.93. The molecule has 0 fully saturated rings. The number of nitrogens with one attached hydrogen (secondary N) is 1. The first-order valence-electron chi connectivity index (χ1n) is 7.79. The number of nitrogens with zero attached hydrogens (tertiary/aromatic N) is 3. The molecule has 1 amide bonds. The molecule has 1 heterocycles. The fourth-order valence-corrected chi connectivity index (χ4v) is 3.43. The normalized spacial score (nSPS) is 10.5. The summed E-state index contributed by atoms with van der Waals surface area (Å²) in [6.45, 7) is 3.34. The van der Waals surface area contributed by atoms with E-state index in [9.17, 15) is 14.9 Å². The summed E-state index contributed by atoms with van der Waals surface area (Å²) in [6.07, 6.45) is 1.05. The van der Waals surface area contributed by atoms with E-state index in [0.29, 0.717) is 29.1 Å². The van der Waals surface area contributed by atoms with Crippen LogP contribution in [0.15, 0.2) is 16.9 Å². The van der Waals surface area contributed by atoms with Crippen molar-refractivity contribution in [1.82, 2.24) is 9.78 Å². The lowest BCUT2D eigenvalue weighted by Gasteiger charge is -2.13. The van der Waals surface area contributed by atoms with Gasteiger partial charge in [-0.3, -0.25) is 9.59 Å². The number of carbonyl (C=O) groups is 1.